The Kier molecular flexibility index (Phi) is 8.58. The van der Waals surface area contributed by atoms with Crippen molar-refractivity contribution in [1.29, 1.82) is 0 Å². The molecule has 1 saturated carbocycles. The van der Waals surface area contributed by atoms with Gasteiger partial charge in [-0.15, -0.1) is 22.9 Å². The topological polar surface area (TPSA) is 58.6 Å². The molecule has 0 saturated heterocycles. The van der Waals surface area contributed by atoms with Crippen molar-refractivity contribution in [1.82, 2.24) is 10.2 Å². The number of hydrogen-bond donors (Lipinski definition) is 1. The number of thiophene rings is 1. The molecule has 1 unspecified atom stereocenters. The molecular formula is C23H29ClN2O3S. The van der Waals surface area contributed by atoms with Crippen molar-refractivity contribution in [3.8, 4) is 5.75 Å². The summed E-state index contributed by atoms with van der Waals surface area (Å²) < 4.78 is 5.26. The Hall–Kier alpha value is -2.05. The molecule has 30 heavy (non-hydrogen) atoms. The van der Waals surface area contributed by atoms with Crippen molar-refractivity contribution in [3.63, 3.8) is 0 Å². The molecule has 1 aliphatic rings. The van der Waals surface area contributed by atoms with E-state index in [1.54, 1.807) is 23.3 Å². The summed E-state index contributed by atoms with van der Waals surface area (Å²) in [6.45, 7) is 0.345. The van der Waals surface area contributed by atoms with Crippen LogP contribution in [0.4, 0.5) is 0 Å². The Morgan fingerprint density at radius 1 is 1.17 bits per heavy atom. The summed E-state index contributed by atoms with van der Waals surface area (Å²) in [6, 6.07) is 10.6. The minimum absolute atomic E-state index is 0.149. The van der Waals surface area contributed by atoms with Crippen molar-refractivity contribution in [3.05, 3.63) is 52.2 Å². The number of rotatable bonds is 8. The summed E-state index contributed by atoms with van der Waals surface area (Å²) >= 11 is 7.50. The zero-order valence-corrected chi connectivity index (χ0v) is 18.9. The predicted molar refractivity (Wildman–Crippen MR) is 121 cm³/mol. The van der Waals surface area contributed by atoms with Crippen molar-refractivity contribution < 1.29 is 14.3 Å². The van der Waals surface area contributed by atoms with Crippen LogP contribution < -0.4 is 10.1 Å². The monoisotopic (exact) mass is 448 g/mol. The second-order valence-corrected chi connectivity index (χ2v) is 8.91. The van der Waals surface area contributed by atoms with E-state index >= 15 is 0 Å². The first kappa shape index (κ1) is 22.6. The van der Waals surface area contributed by atoms with Crippen LogP contribution in [-0.2, 0) is 16.1 Å². The lowest BCUT2D eigenvalue weighted by atomic mass is 10.0. The van der Waals surface area contributed by atoms with Crippen molar-refractivity contribution in [2.45, 2.75) is 57.2 Å². The summed E-state index contributed by atoms with van der Waals surface area (Å²) in [7, 11) is 1.60. The molecule has 2 amide bonds. The van der Waals surface area contributed by atoms with Gasteiger partial charge in [-0.2, -0.15) is 0 Å². The number of carbonyl (C=O) groups is 2. The van der Waals surface area contributed by atoms with Gasteiger partial charge >= 0.3 is 0 Å². The number of hydrogen-bond acceptors (Lipinski definition) is 4. The SMILES string of the molecule is COc1ccc(C(C(=O)NC2CCCCCC2)N(Cc2cccs2)C(=O)CCl)cc1. The standard InChI is InChI=1S/C23H29ClN2O3S/c1-29-19-12-10-17(11-13-19)22(23(28)25-18-7-4-2-3-5-8-18)26(21(27)15-24)16-20-9-6-14-30-20/h6,9-14,18,22H,2-5,7-8,15-16H2,1H3,(H,25,28). The largest absolute Gasteiger partial charge is 0.497 e. The van der Waals surface area contributed by atoms with Gasteiger partial charge in [0.1, 0.15) is 17.7 Å². The molecule has 1 aromatic heterocycles. The molecule has 0 aliphatic heterocycles. The van der Waals surface area contributed by atoms with Crippen LogP contribution in [-0.4, -0.2) is 35.7 Å². The Bertz CT molecular complexity index is 802. The van der Waals surface area contributed by atoms with Crippen LogP contribution in [0, 0.1) is 0 Å². The van der Waals surface area contributed by atoms with E-state index in [1.807, 2.05) is 41.8 Å². The van der Waals surface area contributed by atoms with Gasteiger partial charge in [0.05, 0.1) is 13.7 Å². The fourth-order valence-electron chi connectivity index (χ4n) is 3.93. The average Bonchev–Trinajstić information content (AvgIpc) is 3.15. The number of ether oxygens (including phenoxy) is 1. The lowest BCUT2D eigenvalue weighted by Gasteiger charge is -2.32. The van der Waals surface area contributed by atoms with Crippen LogP contribution in [0.15, 0.2) is 41.8 Å². The number of nitrogens with one attached hydrogen (secondary N) is 1. The number of benzene rings is 1. The summed E-state index contributed by atoms with van der Waals surface area (Å²) in [5.74, 6) is 0.119. The van der Waals surface area contributed by atoms with Crippen LogP contribution >= 0.6 is 22.9 Å². The van der Waals surface area contributed by atoms with Crippen molar-refractivity contribution >= 4 is 34.8 Å². The molecule has 1 aliphatic carbocycles. The molecular weight excluding hydrogens is 420 g/mol. The van der Waals surface area contributed by atoms with Gasteiger partial charge in [-0.25, -0.2) is 0 Å². The molecule has 0 bridgehead atoms. The molecule has 1 heterocycles. The van der Waals surface area contributed by atoms with E-state index in [0.29, 0.717) is 12.3 Å². The van der Waals surface area contributed by atoms with E-state index in [9.17, 15) is 9.59 Å². The van der Waals surface area contributed by atoms with Crippen LogP contribution in [0.1, 0.15) is 55.0 Å². The van der Waals surface area contributed by atoms with E-state index in [-0.39, 0.29) is 23.7 Å². The number of halogens is 1. The molecule has 2 aromatic rings. The fraction of sp³-hybridized carbons (Fsp3) is 0.478. The zero-order chi connectivity index (χ0) is 21.3. The third kappa shape index (κ3) is 5.99. The van der Waals surface area contributed by atoms with E-state index in [2.05, 4.69) is 5.32 Å². The second kappa shape index (κ2) is 11.4. The summed E-state index contributed by atoms with van der Waals surface area (Å²) in [5.41, 5.74) is 0.747. The van der Waals surface area contributed by atoms with E-state index in [1.165, 1.54) is 12.8 Å². The van der Waals surface area contributed by atoms with Gasteiger partial charge in [0, 0.05) is 10.9 Å². The zero-order valence-electron chi connectivity index (χ0n) is 17.3. The molecule has 162 valence electrons. The van der Waals surface area contributed by atoms with E-state index < -0.39 is 6.04 Å². The molecule has 5 nitrogen and oxygen atoms in total. The van der Waals surface area contributed by atoms with Crippen LogP contribution in [0.25, 0.3) is 0 Å². The smallest absolute Gasteiger partial charge is 0.247 e. The van der Waals surface area contributed by atoms with Crippen LogP contribution in [0.2, 0.25) is 0 Å². The number of nitrogens with zero attached hydrogens (tertiary/aromatic N) is 1. The normalized spacial score (nSPS) is 15.8. The first-order valence-electron chi connectivity index (χ1n) is 10.4. The lowest BCUT2D eigenvalue weighted by Crippen LogP contribution is -2.46. The molecule has 0 spiro atoms. The van der Waals surface area contributed by atoms with Crippen LogP contribution in [0.3, 0.4) is 0 Å². The highest BCUT2D eigenvalue weighted by molar-refractivity contribution is 7.09. The summed E-state index contributed by atoms with van der Waals surface area (Å²) in [4.78, 5) is 28.9. The van der Waals surface area contributed by atoms with E-state index in [0.717, 1.165) is 36.1 Å². The highest BCUT2D eigenvalue weighted by Gasteiger charge is 2.32. The van der Waals surface area contributed by atoms with Crippen molar-refractivity contribution in [2.75, 3.05) is 13.0 Å². The molecule has 3 rings (SSSR count). The molecule has 1 fully saturated rings. The quantitative estimate of drug-likeness (QED) is 0.461. The summed E-state index contributed by atoms with van der Waals surface area (Å²) in [5, 5.41) is 5.19. The maximum Gasteiger partial charge on any atom is 0.247 e. The third-order valence-corrected chi connectivity index (χ3v) is 6.62. The molecule has 1 N–H and O–H groups in total. The Morgan fingerprint density at radius 3 is 2.43 bits per heavy atom. The van der Waals surface area contributed by atoms with Crippen LogP contribution in [0.5, 0.6) is 5.75 Å². The molecule has 1 atom stereocenters. The van der Waals surface area contributed by atoms with Crippen molar-refractivity contribution in [2.24, 2.45) is 0 Å². The molecule has 1 aromatic carbocycles. The molecule has 0 radical (unpaired) electrons. The van der Waals surface area contributed by atoms with E-state index in [4.69, 9.17) is 16.3 Å². The maximum absolute atomic E-state index is 13.5. The Morgan fingerprint density at radius 2 is 1.87 bits per heavy atom. The predicted octanol–water partition coefficient (Wildman–Crippen LogP) is 4.90. The Labute approximate surface area is 187 Å². The summed E-state index contributed by atoms with van der Waals surface area (Å²) in [6.07, 6.45) is 6.63. The minimum Gasteiger partial charge on any atom is -0.497 e. The number of amides is 2. The fourth-order valence-corrected chi connectivity index (χ4v) is 4.79. The maximum atomic E-state index is 13.5. The second-order valence-electron chi connectivity index (χ2n) is 7.61. The van der Waals surface area contributed by atoms with Gasteiger partial charge in [-0.3, -0.25) is 9.59 Å². The molecule has 7 heteroatoms. The highest BCUT2D eigenvalue weighted by Crippen LogP contribution is 2.28. The van der Waals surface area contributed by atoms with Gasteiger partial charge in [0.15, 0.2) is 0 Å². The van der Waals surface area contributed by atoms with Gasteiger partial charge in [0.25, 0.3) is 0 Å². The number of alkyl halides is 1. The number of carbonyl (C=O) groups excluding carboxylic acids is 2. The first-order chi connectivity index (χ1) is 14.6. The third-order valence-electron chi connectivity index (χ3n) is 5.53. The highest BCUT2D eigenvalue weighted by atomic mass is 35.5. The van der Waals surface area contributed by atoms with Gasteiger partial charge < -0.3 is 15.0 Å². The Balaban J connectivity index is 1.90. The first-order valence-corrected chi connectivity index (χ1v) is 11.9. The average molecular weight is 449 g/mol. The van der Waals surface area contributed by atoms with Gasteiger partial charge in [0.2, 0.25) is 11.8 Å². The number of methoxy groups -OCH3 is 1. The van der Waals surface area contributed by atoms with Gasteiger partial charge in [-0.05, 0) is 42.0 Å². The minimum atomic E-state index is -0.743. The van der Waals surface area contributed by atoms with Gasteiger partial charge in [-0.1, -0.05) is 43.9 Å². The lowest BCUT2D eigenvalue weighted by molar-refractivity contribution is -0.140.